The van der Waals surface area contributed by atoms with Gasteiger partial charge in [-0.05, 0) is 57.8 Å². The average Bonchev–Trinajstić information content (AvgIpc) is 3.05. The summed E-state index contributed by atoms with van der Waals surface area (Å²) in [5, 5.41) is 0. The fraction of sp³-hybridized carbons (Fsp3) is 1.00. The van der Waals surface area contributed by atoms with Crippen molar-refractivity contribution < 1.29 is 4.74 Å². The Morgan fingerprint density at radius 2 is 1.58 bits per heavy atom. The van der Waals surface area contributed by atoms with Crippen molar-refractivity contribution in [3.63, 3.8) is 0 Å². The van der Waals surface area contributed by atoms with Gasteiger partial charge in [0.2, 0.25) is 0 Å². The van der Waals surface area contributed by atoms with Crippen molar-refractivity contribution >= 4 is 0 Å². The van der Waals surface area contributed by atoms with Crippen molar-refractivity contribution in [1.82, 2.24) is 9.80 Å². The number of hydrogen-bond acceptors (Lipinski definition) is 4. The van der Waals surface area contributed by atoms with Crippen LogP contribution in [0.15, 0.2) is 0 Å². The number of nitrogens with zero attached hydrogens (tertiary/aromatic N) is 2. The molecule has 4 nitrogen and oxygen atoms in total. The number of likely N-dealkylation sites (tertiary alicyclic amines) is 2. The van der Waals surface area contributed by atoms with Crippen LogP contribution in [-0.2, 0) is 4.74 Å². The molecule has 0 spiro atoms. The van der Waals surface area contributed by atoms with Crippen LogP contribution >= 0.6 is 0 Å². The van der Waals surface area contributed by atoms with Gasteiger partial charge in [-0.3, -0.25) is 0 Å². The third-order valence-electron chi connectivity index (χ3n) is 5.16. The molecule has 3 fully saturated rings. The molecule has 0 aromatic heterocycles. The minimum atomic E-state index is 0.266. The van der Waals surface area contributed by atoms with Crippen LogP contribution in [0.2, 0.25) is 0 Å². The summed E-state index contributed by atoms with van der Waals surface area (Å²) < 4.78 is 5.46. The van der Waals surface area contributed by atoms with Crippen molar-refractivity contribution in [3.05, 3.63) is 0 Å². The Balaban J connectivity index is 1.37. The third kappa shape index (κ3) is 3.69. The normalized spacial score (nSPS) is 35.2. The van der Waals surface area contributed by atoms with Crippen molar-refractivity contribution in [1.29, 1.82) is 0 Å². The molecule has 3 aliphatic heterocycles. The minimum absolute atomic E-state index is 0.266. The van der Waals surface area contributed by atoms with E-state index < -0.39 is 0 Å². The van der Waals surface area contributed by atoms with Crippen LogP contribution in [0.5, 0.6) is 0 Å². The first-order chi connectivity index (χ1) is 9.31. The van der Waals surface area contributed by atoms with Gasteiger partial charge < -0.3 is 20.3 Å². The second kappa shape index (κ2) is 6.53. The number of piperidine rings is 1. The minimum Gasteiger partial charge on any atom is -0.379 e. The molecule has 0 aromatic carbocycles. The van der Waals surface area contributed by atoms with Crippen molar-refractivity contribution in [2.24, 2.45) is 17.6 Å². The fourth-order valence-electron chi connectivity index (χ4n) is 3.82. The Kier molecular flexibility index (Phi) is 4.74. The van der Waals surface area contributed by atoms with Crippen LogP contribution in [0.1, 0.15) is 25.7 Å². The standard InChI is InChI=1S/C15H29N3O/c16-15-12-19-11-14(15)10-18-7-3-13(4-8-18)9-17-5-1-2-6-17/h13-15H,1-12,16H2. The summed E-state index contributed by atoms with van der Waals surface area (Å²) >= 11 is 0. The number of rotatable bonds is 4. The largest absolute Gasteiger partial charge is 0.379 e. The Morgan fingerprint density at radius 3 is 2.21 bits per heavy atom. The van der Waals surface area contributed by atoms with Gasteiger partial charge in [-0.2, -0.15) is 0 Å². The molecule has 0 aliphatic carbocycles. The highest BCUT2D eigenvalue weighted by molar-refractivity contribution is 4.83. The number of hydrogen-bond donors (Lipinski definition) is 1. The molecule has 2 unspecified atom stereocenters. The summed E-state index contributed by atoms with van der Waals surface area (Å²) in [7, 11) is 0. The molecule has 2 atom stereocenters. The lowest BCUT2D eigenvalue weighted by Gasteiger charge is -2.35. The molecule has 3 heterocycles. The lowest BCUT2D eigenvalue weighted by Crippen LogP contribution is -2.43. The highest BCUT2D eigenvalue weighted by Crippen LogP contribution is 2.22. The fourth-order valence-corrected chi connectivity index (χ4v) is 3.82. The third-order valence-corrected chi connectivity index (χ3v) is 5.16. The molecule has 4 heteroatoms. The van der Waals surface area contributed by atoms with Gasteiger partial charge in [0.25, 0.3) is 0 Å². The van der Waals surface area contributed by atoms with Gasteiger partial charge >= 0.3 is 0 Å². The predicted octanol–water partition coefficient (Wildman–Crippen LogP) is 0.768. The second-order valence-corrected chi connectivity index (χ2v) is 6.71. The number of nitrogens with two attached hydrogens (primary N) is 1. The molecule has 0 aromatic rings. The lowest BCUT2D eigenvalue weighted by atomic mass is 9.94. The van der Waals surface area contributed by atoms with Crippen LogP contribution in [0.3, 0.4) is 0 Å². The van der Waals surface area contributed by atoms with Gasteiger partial charge in [0.05, 0.1) is 13.2 Å². The summed E-state index contributed by atoms with van der Waals surface area (Å²) in [5.74, 6) is 1.50. The lowest BCUT2D eigenvalue weighted by molar-refractivity contribution is 0.126. The summed E-state index contributed by atoms with van der Waals surface area (Å²) in [6.45, 7) is 9.34. The van der Waals surface area contributed by atoms with Crippen LogP contribution in [0, 0.1) is 11.8 Å². The van der Waals surface area contributed by atoms with Gasteiger partial charge in [0.1, 0.15) is 0 Å². The van der Waals surface area contributed by atoms with E-state index in [-0.39, 0.29) is 6.04 Å². The molecule has 0 saturated carbocycles. The van der Waals surface area contributed by atoms with E-state index in [9.17, 15) is 0 Å². The molecule has 110 valence electrons. The summed E-state index contributed by atoms with van der Waals surface area (Å²) in [4.78, 5) is 5.28. The monoisotopic (exact) mass is 267 g/mol. The van der Waals surface area contributed by atoms with Crippen LogP contribution < -0.4 is 5.73 Å². The van der Waals surface area contributed by atoms with Crippen molar-refractivity contribution in [3.8, 4) is 0 Å². The average molecular weight is 267 g/mol. The molecular weight excluding hydrogens is 238 g/mol. The van der Waals surface area contributed by atoms with Gasteiger partial charge in [-0.1, -0.05) is 0 Å². The molecule has 0 amide bonds. The Morgan fingerprint density at radius 1 is 0.895 bits per heavy atom. The Labute approximate surface area is 117 Å². The maximum atomic E-state index is 6.07. The predicted molar refractivity (Wildman–Crippen MR) is 77.1 cm³/mol. The molecule has 3 aliphatic rings. The first-order valence-corrected chi connectivity index (χ1v) is 8.09. The molecule has 19 heavy (non-hydrogen) atoms. The van der Waals surface area contributed by atoms with E-state index in [2.05, 4.69) is 9.80 Å². The molecule has 3 rings (SSSR count). The molecule has 0 bridgehead atoms. The maximum Gasteiger partial charge on any atom is 0.0621 e. The van der Waals surface area contributed by atoms with Crippen LogP contribution in [0.4, 0.5) is 0 Å². The molecular formula is C15H29N3O. The van der Waals surface area contributed by atoms with E-state index >= 15 is 0 Å². The smallest absolute Gasteiger partial charge is 0.0621 e. The van der Waals surface area contributed by atoms with E-state index in [1.54, 1.807) is 0 Å². The van der Waals surface area contributed by atoms with Gasteiger partial charge in [0.15, 0.2) is 0 Å². The highest BCUT2D eigenvalue weighted by atomic mass is 16.5. The van der Waals surface area contributed by atoms with Crippen molar-refractivity contribution in [2.75, 3.05) is 52.5 Å². The van der Waals surface area contributed by atoms with Crippen LogP contribution in [0.25, 0.3) is 0 Å². The SMILES string of the molecule is NC1COCC1CN1CCC(CN2CCCC2)CC1. The number of ether oxygens (including phenoxy) is 1. The molecule has 3 saturated heterocycles. The first-order valence-electron chi connectivity index (χ1n) is 8.09. The maximum absolute atomic E-state index is 6.07. The van der Waals surface area contributed by atoms with Gasteiger partial charge in [-0.15, -0.1) is 0 Å². The van der Waals surface area contributed by atoms with Gasteiger partial charge in [0, 0.05) is 25.0 Å². The zero-order valence-electron chi connectivity index (χ0n) is 12.1. The van der Waals surface area contributed by atoms with Gasteiger partial charge in [-0.25, -0.2) is 0 Å². The Hall–Kier alpha value is -0.160. The highest BCUT2D eigenvalue weighted by Gasteiger charge is 2.29. The van der Waals surface area contributed by atoms with Crippen LogP contribution in [-0.4, -0.2) is 68.3 Å². The van der Waals surface area contributed by atoms with E-state index in [0.29, 0.717) is 5.92 Å². The summed E-state index contributed by atoms with van der Waals surface area (Å²) in [5.41, 5.74) is 6.07. The van der Waals surface area contributed by atoms with E-state index in [0.717, 1.165) is 25.7 Å². The zero-order valence-corrected chi connectivity index (χ0v) is 12.1. The first kappa shape index (κ1) is 13.8. The summed E-state index contributed by atoms with van der Waals surface area (Å²) in [6, 6.07) is 0.266. The Bertz CT molecular complexity index is 273. The molecule has 2 N–H and O–H groups in total. The quantitative estimate of drug-likeness (QED) is 0.817. The van der Waals surface area contributed by atoms with E-state index in [1.165, 1.54) is 58.4 Å². The zero-order chi connectivity index (χ0) is 13.1. The topological polar surface area (TPSA) is 41.7 Å². The van der Waals surface area contributed by atoms with E-state index in [1.807, 2.05) is 0 Å². The molecule has 0 radical (unpaired) electrons. The van der Waals surface area contributed by atoms with E-state index in [4.69, 9.17) is 10.5 Å². The van der Waals surface area contributed by atoms with Crippen molar-refractivity contribution in [2.45, 2.75) is 31.7 Å². The second-order valence-electron chi connectivity index (χ2n) is 6.71. The summed E-state index contributed by atoms with van der Waals surface area (Å²) in [6.07, 6.45) is 5.58.